The molecule has 0 saturated heterocycles. The van der Waals surface area contributed by atoms with Crippen LogP contribution in [-0.2, 0) is 12.8 Å². The van der Waals surface area contributed by atoms with Crippen molar-refractivity contribution in [1.29, 1.82) is 0 Å². The highest BCUT2D eigenvalue weighted by Crippen LogP contribution is 2.31. The Hall–Kier alpha value is -3.62. The Balaban J connectivity index is 1.71. The second kappa shape index (κ2) is 7.42. The SMILES string of the molecule is CNc1nc(C(F)(F)F)nc2c1ncn2-c1cccc(OCc2ccccc2)c1. The molecule has 0 aliphatic rings. The first-order valence-electron chi connectivity index (χ1n) is 8.73. The third kappa shape index (κ3) is 3.84. The number of nitrogens with zero attached hydrogens (tertiary/aromatic N) is 4. The quantitative estimate of drug-likeness (QED) is 0.537. The summed E-state index contributed by atoms with van der Waals surface area (Å²) >= 11 is 0. The summed E-state index contributed by atoms with van der Waals surface area (Å²) in [6.45, 7) is 0.374. The number of imidazole rings is 1. The second-order valence-corrected chi connectivity index (χ2v) is 6.20. The molecule has 0 aliphatic heterocycles. The Kier molecular flexibility index (Phi) is 4.79. The summed E-state index contributed by atoms with van der Waals surface area (Å²) in [6.07, 6.45) is -3.26. The van der Waals surface area contributed by atoms with Gasteiger partial charge in [0.25, 0.3) is 0 Å². The van der Waals surface area contributed by atoms with E-state index in [1.807, 2.05) is 30.3 Å². The first kappa shape index (κ1) is 18.7. The zero-order valence-electron chi connectivity index (χ0n) is 15.3. The number of fused-ring (bicyclic) bond motifs is 1. The molecule has 0 radical (unpaired) electrons. The molecule has 4 rings (SSSR count). The van der Waals surface area contributed by atoms with Crippen LogP contribution in [-0.4, -0.2) is 26.6 Å². The minimum atomic E-state index is -4.67. The molecule has 29 heavy (non-hydrogen) atoms. The highest BCUT2D eigenvalue weighted by atomic mass is 19.4. The summed E-state index contributed by atoms with van der Waals surface area (Å²) in [5.74, 6) is -0.641. The maximum Gasteiger partial charge on any atom is 0.451 e. The lowest BCUT2D eigenvalue weighted by Crippen LogP contribution is -2.13. The van der Waals surface area contributed by atoms with Gasteiger partial charge >= 0.3 is 6.18 Å². The zero-order chi connectivity index (χ0) is 20.4. The van der Waals surface area contributed by atoms with Crippen molar-refractivity contribution in [3.8, 4) is 11.4 Å². The van der Waals surface area contributed by atoms with E-state index in [4.69, 9.17) is 4.74 Å². The van der Waals surface area contributed by atoms with Crippen LogP contribution in [0.2, 0.25) is 0 Å². The third-order valence-electron chi connectivity index (χ3n) is 4.23. The van der Waals surface area contributed by atoms with E-state index in [9.17, 15) is 13.2 Å². The van der Waals surface area contributed by atoms with Crippen LogP contribution in [0.5, 0.6) is 5.75 Å². The normalized spacial score (nSPS) is 11.6. The van der Waals surface area contributed by atoms with Crippen LogP contribution in [0.1, 0.15) is 11.4 Å². The van der Waals surface area contributed by atoms with Crippen molar-refractivity contribution in [2.75, 3.05) is 12.4 Å². The molecule has 0 amide bonds. The molecular weight excluding hydrogens is 383 g/mol. The van der Waals surface area contributed by atoms with E-state index in [1.54, 1.807) is 24.3 Å². The van der Waals surface area contributed by atoms with Crippen LogP contribution in [0.4, 0.5) is 19.0 Å². The molecule has 0 fully saturated rings. The van der Waals surface area contributed by atoms with E-state index in [1.165, 1.54) is 17.9 Å². The molecule has 9 heteroatoms. The van der Waals surface area contributed by atoms with E-state index >= 15 is 0 Å². The van der Waals surface area contributed by atoms with Gasteiger partial charge in [0.15, 0.2) is 17.0 Å². The molecule has 2 heterocycles. The van der Waals surface area contributed by atoms with E-state index in [0.29, 0.717) is 18.0 Å². The van der Waals surface area contributed by atoms with E-state index in [2.05, 4.69) is 20.3 Å². The number of aromatic nitrogens is 4. The van der Waals surface area contributed by atoms with Crippen molar-refractivity contribution in [1.82, 2.24) is 19.5 Å². The molecular formula is C20H16F3N5O. The highest BCUT2D eigenvalue weighted by Gasteiger charge is 2.36. The molecule has 0 atom stereocenters. The highest BCUT2D eigenvalue weighted by molar-refractivity contribution is 5.84. The van der Waals surface area contributed by atoms with Gasteiger partial charge in [-0.3, -0.25) is 4.57 Å². The molecule has 0 unspecified atom stereocenters. The molecule has 148 valence electrons. The van der Waals surface area contributed by atoms with Gasteiger partial charge in [0, 0.05) is 13.1 Å². The number of halogens is 3. The number of benzene rings is 2. The lowest BCUT2D eigenvalue weighted by atomic mass is 10.2. The lowest BCUT2D eigenvalue weighted by molar-refractivity contribution is -0.144. The number of anilines is 1. The zero-order valence-corrected chi connectivity index (χ0v) is 15.3. The maximum atomic E-state index is 13.2. The average Bonchev–Trinajstić information content (AvgIpc) is 3.16. The van der Waals surface area contributed by atoms with Crippen LogP contribution in [0.3, 0.4) is 0 Å². The van der Waals surface area contributed by atoms with Gasteiger partial charge in [-0.2, -0.15) is 13.2 Å². The lowest BCUT2D eigenvalue weighted by Gasteiger charge is -2.11. The fourth-order valence-electron chi connectivity index (χ4n) is 2.85. The van der Waals surface area contributed by atoms with Crippen LogP contribution >= 0.6 is 0 Å². The minimum absolute atomic E-state index is 0.0116. The predicted octanol–water partition coefficient (Wildman–Crippen LogP) is 4.46. The van der Waals surface area contributed by atoms with Crippen LogP contribution < -0.4 is 10.1 Å². The van der Waals surface area contributed by atoms with Gasteiger partial charge in [0.1, 0.15) is 18.7 Å². The Morgan fingerprint density at radius 2 is 1.83 bits per heavy atom. The number of nitrogens with one attached hydrogen (secondary N) is 1. The van der Waals surface area contributed by atoms with Gasteiger partial charge in [-0.15, -0.1) is 0 Å². The topological polar surface area (TPSA) is 64.9 Å². The van der Waals surface area contributed by atoms with Crippen LogP contribution in [0.25, 0.3) is 16.9 Å². The fraction of sp³-hybridized carbons (Fsp3) is 0.150. The van der Waals surface area contributed by atoms with E-state index in [-0.39, 0.29) is 17.0 Å². The Morgan fingerprint density at radius 1 is 1.03 bits per heavy atom. The molecule has 0 saturated carbocycles. The average molecular weight is 399 g/mol. The second-order valence-electron chi connectivity index (χ2n) is 6.20. The number of ether oxygens (including phenoxy) is 1. The minimum Gasteiger partial charge on any atom is -0.489 e. The molecule has 2 aromatic heterocycles. The van der Waals surface area contributed by atoms with Crippen molar-refractivity contribution >= 4 is 17.0 Å². The van der Waals surface area contributed by atoms with E-state index in [0.717, 1.165) is 5.56 Å². The molecule has 4 aromatic rings. The number of hydrogen-bond donors (Lipinski definition) is 1. The number of rotatable bonds is 5. The van der Waals surface area contributed by atoms with Gasteiger partial charge in [0.05, 0.1) is 5.69 Å². The fourth-order valence-corrected chi connectivity index (χ4v) is 2.85. The van der Waals surface area contributed by atoms with Crippen molar-refractivity contribution in [2.24, 2.45) is 0 Å². The van der Waals surface area contributed by atoms with Crippen molar-refractivity contribution in [3.63, 3.8) is 0 Å². The molecule has 0 aliphatic carbocycles. The Bertz CT molecular complexity index is 1140. The van der Waals surface area contributed by atoms with Gasteiger partial charge in [-0.1, -0.05) is 36.4 Å². The summed E-state index contributed by atoms with van der Waals surface area (Å²) in [4.78, 5) is 11.4. The number of hydrogen-bond acceptors (Lipinski definition) is 5. The first-order valence-corrected chi connectivity index (χ1v) is 8.73. The van der Waals surface area contributed by atoms with Crippen LogP contribution in [0.15, 0.2) is 60.9 Å². The Labute approximate surface area is 164 Å². The predicted molar refractivity (Wildman–Crippen MR) is 102 cm³/mol. The largest absolute Gasteiger partial charge is 0.489 e. The van der Waals surface area contributed by atoms with Gasteiger partial charge < -0.3 is 10.1 Å². The summed E-state index contributed by atoms with van der Waals surface area (Å²) in [5, 5.41) is 2.65. The molecule has 6 nitrogen and oxygen atoms in total. The molecule has 1 N–H and O–H groups in total. The third-order valence-corrected chi connectivity index (χ3v) is 4.23. The number of alkyl halides is 3. The monoisotopic (exact) mass is 399 g/mol. The van der Waals surface area contributed by atoms with Crippen molar-refractivity contribution < 1.29 is 17.9 Å². The molecule has 2 aromatic carbocycles. The first-order chi connectivity index (χ1) is 14.0. The van der Waals surface area contributed by atoms with Crippen molar-refractivity contribution in [3.05, 3.63) is 72.3 Å². The summed E-state index contributed by atoms with van der Waals surface area (Å²) in [6, 6.07) is 16.7. The smallest absolute Gasteiger partial charge is 0.451 e. The molecule has 0 spiro atoms. The summed E-state index contributed by atoms with van der Waals surface area (Å²) in [7, 11) is 1.49. The van der Waals surface area contributed by atoms with Gasteiger partial charge in [-0.05, 0) is 17.7 Å². The molecule has 0 bridgehead atoms. The van der Waals surface area contributed by atoms with Crippen molar-refractivity contribution in [2.45, 2.75) is 12.8 Å². The van der Waals surface area contributed by atoms with Gasteiger partial charge in [0.2, 0.25) is 5.82 Å². The summed E-state index contributed by atoms with van der Waals surface area (Å²) < 4.78 is 46.9. The van der Waals surface area contributed by atoms with Gasteiger partial charge in [-0.25, -0.2) is 15.0 Å². The maximum absolute atomic E-state index is 13.2. The van der Waals surface area contributed by atoms with Crippen LogP contribution in [0, 0.1) is 0 Å². The summed E-state index contributed by atoms with van der Waals surface area (Å²) in [5.41, 5.74) is 1.88. The standard InChI is InChI=1S/C20H16F3N5O/c1-24-17-16-18(27-19(26-17)20(21,22)23)28(12-25-16)14-8-5-9-15(10-14)29-11-13-6-3-2-4-7-13/h2-10,12H,11H2,1H3,(H,24,26,27). The Morgan fingerprint density at radius 3 is 2.55 bits per heavy atom. The van der Waals surface area contributed by atoms with E-state index < -0.39 is 12.0 Å².